The van der Waals surface area contributed by atoms with Gasteiger partial charge in [0, 0.05) is 12.1 Å². The molecule has 0 saturated heterocycles. The van der Waals surface area contributed by atoms with Crippen molar-refractivity contribution in [2.24, 2.45) is 0 Å². The van der Waals surface area contributed by atoms with Crippen molar-refractivity contribution in [3.8, 4) is 11.4 Å². The normalized spacial score (nSPS) is 13.1. The Morgan fingerprint density at radius 1 is 1.06 bits per heavy atom. The SMILES string of the molecule is Cc1ccc2c(c1)C(=O)N(CCC(=O)OCc1nc(-c3ccc(C(C)C)cc3)no1)C2=O. The lowest BCUT2D eigenvalue weighted by Gasteiger charge is -2.12. The average molecular weight is 433 g/mol. The molecule has 0 saturated carbocycles. The molecule has 3 aromatic rings. The largest absolute Gasteiger partial charge is 0.456 e. The third-order valence-corrected chi connectivity index (χ3v) is 5.33. The number of nitrogens with zero attached hydrogens (tertiary/aromatic N) is 3. The molecule has 0 radical (unpaired) electrons. The van der Waals surface area contributed by atoms with Gasteiger partial charge in [-0.2, -0.15) is 4.98 Å². The summed E-state index contributed by atoms with van der Waals surface area (Å²) in [6.45, 7) is 5.84. The van der Waals surface area contributed by atoms with E-state index in [1.807, 2.05) is 31.2 Å². The van der Waals surface area contributed by atoms with E-state index in [0.717, 1.165) is 16.0 Å². The van der Waals surface area contributed by atoms with Crippen LogP contribution in [-0.2, 0) is 16.1 Å². The predicted molar refractivity (Wildman–Crippen MR) is 115 cm³/mol. The summed E-state index contributed by atoms with van der Waals surface area (Å²) < 4.78 is 10.3. The second-order valence-electron chi connectivity index (χ2n) is 8.01. The lowest BCUT2D eigenvalue weighted by atomic mass is 10.0. The highest BCUT2D eigenvalue weighted by Gasteiger charge is 2.35. The van der Waals surface area contributed by atoms with E-state index in [2.05, 4.69) is 24.0 Å². The molecule has 0 spiro atoms. The third-order valence-electron chi connectivity index (χ3n) is 5.33. The summed E-state index contributed by atoms with van der Waals surface area (Å²) in [7, 11) is 0. The number of aromatic nitrogens is 2. The Kier molecular flexibility index (Phi) is 5.85. The van der Waals surface area contributed by atoms with Gasteiger partial charge in [0.05, 0.1) is 17.5 Å². The number of hydrogen-bond acceptors (Lipinski definition) is 7. The van der Waals surface area contributed by atoms with Crippen LogP contribution in [0.15, 0.2) is 47.0 Å². The number of benzene rings is 2. The summed E-state index contributed by atoms with van der Waals surface area (Å²) in [5.74, 6) is -0.369. The second kappa shape index (κ2) is 8.74. The van der Waals surface area contributed by atoms with E-state index in [-0.39, 0.29) is 25.5 Å². The molecule has 0 fully saturated rings. The number of imide groups is 1. The van der Waals surface area contributed by atoms with E-state index in [9.17, 15) is 14.4 Å². The maximum atomic E-state index is 12.5. The van der Waals surface area contributed by atoms with Gasteiger partial charge >= 0.3 is 5.97 Å². The standard InChI is InChI=1S/C24H23N3O5/c1-14(2)16-5-7-17(8-6-16)22-25-20(32-26-22)13-31-21(28)10-11-27-23(29)18-9-4-15(3)12-19(18)24(27)30/h4-9,12,14H,10-11,13H2,1-3H3. The summed E-state index contributed by atoms with van der Waals surface area (Å²) >= 11 is 0. The molecule has 2 amide bonds. The van der Waals surface area contributed by atoms with Crippen molar-refractivity contribution in [2.75, 3.05) is 6.54 Å². The van der Waals surface area contributed by atoms with Crippen molar-refractivity contribution < 1.29 is 23.6 Å². The number of carbonyl (C=O) groups excluding carboxylic acids is 3. The lowest BCUT2D eigenvalue weighted by Crippen LogP contribution is -2.32. The molecule has 164 valence electrons. The smallest absolute Gasteiger partial charge is 0.308 e. The minimum atomic E-state index is -0.571. The Morgan fingerprint density at radius 3 is 2.50 bits per heavy atom. The minimum absolute atomic E-state index is 0.0541. The quantitative estimate of drug-likeness (QED) is 0.411. The molecule has 32 heavy (non-hydrogen) atoms. The molecule has 0 unspecified atom stereocenters. The van der Waals surface area contributed by atoms with Gasteiger partial charge in [0.25, 0.3) is 17.7 Å². The summed E-state index contributed by atoms with van der Waals surface area (Å²) in [6, 6.07) is 12.9. The average Bonchev–Trinajstić information content (AvgIpc) is 3.34. The molecular formula is C24H23N3O5. The number of esters is 1. The fraction of sp³-hybridized carbons (Fsp3) is 0.292. The Labute approximate surface area is 185 Å². The zero-order valence-electron chi connectivity index (χ0n) is 18.1. The highest BCUT2D eigenvalue weighted by molar-refractivity contribution is 6.21. The zero-order chi connectivity index (χ0) is 22.8. The Balaban J connectivity index is 1.30. The number of ether oxygens (including phenoxy) is 1. The summed E-state index contributed by atoms with van der Waals surface area (Å²) in [4.78, 5) is 42.3. The van der Waals surface area contributed by atoms with Gasteiger partial charge < -0.3 is 9.26 Å². The van der Waals surface area contributed by atoms with Crippen LogP contribution in [0.4, 0.5) is 0 Å². The molecule has 4 rings (SSSR count). The van der Waals surface area contributed by atoms with E-state index >= 15 is 0 Å². The van der Waals surface area contributed by atoms with Gasteiger partial charge in [0.15, 0.2) is 6.61 Å². The van der Waals surface area contributed by atoms with Gasteiger partial charge in [-0.15, -0.1) is 0 Å². The van der Waals surface area contributed by atoms with Crippen molar-refractivity contribution in [1.82, 2.24) is 15.0 Å². The predicted octanol–water partition coefficient (Wildman–Crippen LogP) is 3.90. The highest BCUT2D eigenvalue weighted by atomic mass is 16.6. The summed E-state index contributed by atoms with van der Waals surface area (Å²) in [6.07, 6.45) is -0.123. The molecule has 2 heterocycles. The number of aryl methyl sites for hydroxylation is 1. The van der Waals surface area contributed by atoms with E-state index in [4.69, 9.17) is 9.26 Å². The van der Waals surface area contributed by atoms with Crippen LogP contribution in [0.5, 0.6) is 0 Å². The van der Waals surface area contributed by atoms with Crippen LogP contribution in [0.25, 0.3) is 11.4 Å². The number of carbonyl (C=O) groups is 3. The molecule has 0 aliphatic carbocycles. The number of hydrogen-bond donors (Lipinski definition) is 0. The van der Waals surface area contributed by atoms with Gasteiger partial charge in [-0.1, -0.05) is 54.9 Å². The Morgan fingerprint density at radius 2 is 1.78 bits per heavy atom. The fourth-order valence-corrected chi connectivity index (χ4v) is 3.47. The van der Waals surface area contributed by atoms with Gasteiger partial charge in [-0.3, -0.25) is 19.3 Å². The van der Waals surface area contributed by atoms with E-state index in [1.54, 1.807) is 18.2 Å². The monoisotopic (exact) mass is 433 g/mol. The molecular weight excluding hydrogens is 410 g/mol. The lowest BCUT2D eigenvalue weighted by molar-refractivity contribution is -0.145. The van der Waals surface area contributed by atoms with Crippen LogP contribution in [-0.4, -0.2) is 39.4 Å². The molecule has 1 aliphatic heterocycles. The van der Waals surface area contributed by atoms with Gasteiger partial charge in [0.1, 0.15) is 0 Å². The minimum Gasteiger partial charge on any atom is -0.456 e. The number of amides is 2. The van der Waals surface area contributed by atoms with Crippen molar-refractivity contribution in [1.29, 1.82) is 0 Å². The maximum absolute atomic E-state index is 12.5. The van der Waals surface area contributed by atoms with E-state index in [1.165, 1.54) is 5.56 Å². The fourth-order valence-electron chi connectivity index (χ4n) is 3.47. The molecule has 0 bridgehead atoms. The number of fused-ring (bicyclic) bond motifs is 1. The zero-order valence-corrected chi connectivity index (χ0v) is 18.1. The second-order valence-corrected chi connectivity index (χ2v) is 8.01. The van der Waals surface area contributed by atoms with Crippen molar-refractivity contribution in [2.45, 2.75) is 39.7 Å². The molecule has 8 heteroatoms. The topological polar surface area (TPSA) is 103 Å². The van der Waals surface area contributed by atoms with Crippen molar-refractivity contribution >= 4 is 17.8 Å². The van der Waals surface area contributed by atoms with E-state index < -0.39 is 17.8 Å². The Bertz CT molecular complexity index is 1180. The van der Waals surface area contributed by atoms with E-state index in [0.29, 0.717) is 22.9 Å². The molecule has 8 nitrogen and oxygen atoms in total. The van der Waals surface area contributed by atoms with Gasteiger partial charge in [-0.25, -0.2) is 0 Å². The van der Waals surface area contributed by atoms with Gasteiger partial charge in [0.2, 0.25) is 5.82 Å². The first kappa shape index (κ1) is 21.4. The highest BCUT2D eigenvalue weighted by Crippen LogP contribution is 2.24. The Hall–Kier alpha value is -3.81. The summed E-state index contributed by atoms with van der Waals surface area (Å²) in [5.41, 5.74) is 3.62. The molecule has 1 aromatic heterocycles. The van der Waals surface area contributed by atoms with Crippen LogP contribution in [0.1, 0.15) is 63.9 Å². The first-order chi connectivity index (χ1) is 15.3. The van der Waals surface area contributed by atoms with Crippen molar-refractivity contribution in [3.63, 3.8) is 0 Å². The number of rotatable bonds is 7. The van der Waals surface area contributed by atoms with Crippen LogP contribution in [0.3, 0.4) is 0 Å². The molecule has 2 aromatic carbocycles. The first-order valence-electron chi connectivity index (χ1n) is 10.4. The first-order valence-corrected chi connectivity index (χ1v) is 10.4. The van der Waals surface area contributed by atoms with Crippen LogP contribution >= 0.6 is 0 Å². The van der Waals surface area contributed by atoms with Crippen LogP contribution in [0.2, 0.25) is 0 Å². The molecule has 0 N–H and O–H groups in total. The van der Waals surface area contributed by atoms with Crippen molar-refractivity contribution in [3.05, 3.63) is 70.6 Å². The van der Waals surface area contributed by atoms with Crippen LogP contribution in [0, 0.1) is 6.92 Å². The van der Waals surface area contributed by atoms with Gasteiger partial charge in [-0.05, 0) is 30.5 Å². The van der Waals surface area contributed by atoms with Crippen LogP contribution < -0.4 is 0 Å². The third kappa shape index (κ3) is 4.30. The molecule has 1 aliphatic rings. The molecule has 0 atom stereocenters. The maximum Gasteiger partial charge on any atom is 0.308 e. The summed E-state index contributed by atoms with van der Waals surface area (Å²) in [5, 5.41) is 3.92.